The lowest BCUT2D eigenvalue weighted by molar-refractivity contribution is 0.461. The van der Waals surface area contributed by atoms with Crippen LogP contribution in [0.4, 0.5) is 0 Å². The normalized spacial score (nSPS) is 9.92. The lowest BCUT2D eigenvalue weighted by Crippen LogP contribution is -1.89. The molecule has 0 saturated carbocycles. The van der Waals surface area contributed by atoms with E-state index in [1.165, 1.54) is 0 Å². The Hall–Kier alpha value is -0.0200. The van der Waals surface area contributed by atoms with Gasteiger partial charge in [-0.15, -0.1) is 17.0 Å². The average Bonchev–Trinajstić information content (AvgIpc) is 2.00. The quantitative estimate of drug-likeness (QED) is 0.825. The van der Waals surface area contributed by atoms with Crippen LogP contribution in [0.1, 0.15) is 30.9 Å². The zero-order chi connectivity index (χ0) is 9.30. The second-order valence-corrected chi connectivity index (χ2v) is 4.08. The Morgan fingerprint density at radius 3 is 2.31 bits per heavy atom. The molecular formula is C10H14Br2O. The molecule has 1 N–H and O–H groups in total. The van der Waals surface area contributed by atoms with E-state index in [-0.39, 0.29) is 17.0 Å². The topological polar surface area (TPSA) is 20.2 Å². The second kappa shape index (κ2) is 5.01. The van der Waals surface area contributed by atoms with Crippen LogP contribution in [0.3, 0.4) is 0 Å². The molecule has 0 fully saturated rings. The highest BCUT2D eigenvalue weighted by Gasteiger charge is 2.09. The molecule has 0 amide bonds. The Balaban J connectivity index is 0.00000144. The standard InChI is InChI=1S/C10H13BrO.BrH/c1-6(2)8-5-4-7(3)9(11)10(8)12;/h4-6,12H,1-3H3;1H. The van der Waals surface area contributed by atoms with Crippen molar-refractivity contribution in [2.45, 2.75) is 26.7 Å². The Morgan fingerprint density at radius 2 is 1.85 bits per heavy atom. The first-order valence-corrected chi connectivity index (χ1v) is 4.81. The van der Waals surface area contributed by atoms with Crippen LogP contribution >= 0.6 is 32.9 Å². The number of hydrogen-bond donors (Lipinski definition) is 1. The van der Waals surface area contributed by atoms with Crippen LogP contribution in [0.15, 0.2) is 16.6 Å². The molecule has 3 heteroatoms. The third-order valence-electron chi connectivity index (χ3n) is 1.96. The molecule has 0 aromatic heterocycles. The molecule has 0 atom stereocenters. The van der Waals surface area contributed by atoms with Crippen LogP contribution in [0.5, 0.6) is 5.75 Å². The monoisotopic (exact) mass is 308 g/mol. The van der Waals surface area contributed by atoms with Crippen LogP contribution < -0.4 is 0 Å². The number of rotatable bonds is 1. The van der Waals surface area contributed by atoms with E-state index in [9.17, 15) is 5.11 Å². The number of aromatic hydroxyl groups is 1. The first-order chi connectivity index (χ1) is 5.54. The Morgan fingerprint density at radius 1 is 1.31 bits per heavy atom. The van der Waals surface area contributed by atoms with Crippen LogP contribution in [0, 0.1) is 6.92 Å². The van der Waals surface area contributed by atoms with E-state index in [0.29, 0.717) is 11.7 Å². The van der Waals surface area contributed by atoms with Gasteiger partial charge in [0, 0.05) is 0 Å². The van der Waals surface area contributed by atoms with Crippen molar-refractivity contribution in [1.82, 2.24) is 0 Å². The molecule has 0 unspecified atom stereocenters. The predicted molar refractivity (Wildman–Crippen MR) is 65.0 cm³/mol. The summed E-state index contributed by atoms with van der Waals surface area (Å²) in [6.07, 6.45) is 0. The van der Waals surface area contributed by atoms with E-state index in [2.05, 4.69) is 29.8 Å². The highest BCUT2D eigenvalue weighted by molar-refractivity contribution is 9.10. The fraction of sp³-hybridized carbons (Fsp3) is 0.400. The van der Waals surface area contributed by atoms with Crippen molar-refractivity contribution in [3.8, 4) is 5.75 Å². The van der Waals surface area contributed by atoms with Crippen molar-refractivity contribution in [1.29, 1.82) is 0 Å². The van der Waals surface area contributed by atoms with Crippen molar-refractivity contribution >= 4 is 32.9 Å². The average molecular weight is 310 g/mol. The summed E-state index contributed by atoms with van der Waals surface area (Å²) >= 11 is 3.35. The van der Waals surface area contributed by atoms with Crippen molar-refractivity contribution in [2.24, 2.45) is 0 Å². The number of phenols is 1. The molecule has 1 nitrogen and oxygen atoms in total. The van der Waals surface area contributed by atoms with E-state index in [1.54, 1.807) is 0 Å². The summed E-state index contributed by atoms with van der Waals surface area (Å²) in [6.45, 7) is 6.10. The minimum atomic E-state index is 0. The molecule has 0 saturated heterocycles. The number of phenolic OH excluding ortho intramolecular Hbond substituents is 1. The summed E-state index contributed by atoms with van der Waals surface area (Å²) < 4.78 is 0.814. The van der Waals surface area contributed by atoms with Crippen LogP contribution in [0.25, 0.3) is 0 Å². The van der Waals surface area contributed by atoms with Gasteiger partial charge in [0.15, 0.2) is 0 Å². The molecular weight excluding hydrogens is 296 g/mol. The summed E-state index contributed by atoms with van der Waals surface area (Å²) in [5.41, 5.74) is 2.06. The molecule has 0 aliphatic carbocycles. The second-order valence-electron chi connectivity index (χ2n) is 3.29. The maximum Gasteiger partial charge on any atom is 0.133 e. The van der Waals surface area contributed by atoms with Gasteiger partial charge in [-0.1, -0.05) is 26.0 Å². The molecule has 1 aromatic carbocycles. The highest BCUT2D eigenvalue weighted by Crippen LogP contribution is 2.34. The van der Waals surface area contributed by atoms with Gasteiger partial charge < -0.3 is 5.11 Å². The summed E-state index contributed by atoms with van der Waals surface area (Å²) in [5, 5.41) is 9.70. The molecule has 0 radical (unpaired) electrons. The minimum Gasteiger partial charge on any atom is -0.506 e. The fourth-order valence-electron chi connectivity index (χ4n) is 1.15. The molecule has 0 aliphatic heterocycles. The Labute approximate surface area is 98.1 Å². The third kappa shape index (κ3) is 2.71. The minimum absolute atomic E-state index is 0. The van der Waals surface area contributed by atoms with E-state index < -0.39 is 0 Å². The zero-order valence-corrected chi connectivity index (χ0v) is 11.3. The van der Waals surface area contributed by atoms with Gasteiger partial charge in [0.25, 0.3) is 0 Å². The van der Waals surface area contributed by atoms with Gasteiger partial charge in [0.1, 0.15) is 5.75 Å². The number of benzene rings is 1. The van der Waals surface area contributed by atoms with Crippen molar-refractivity contribution in [2.75, 3.05) is 0 Å². The van der Waals surface area contributed by atoms with Crippen LogP contribution in [-0.4, -0.2) is 5.11 Å². The molecule has 74 valence electrons. The first kappa shape index (κ1) is 13.0. The first-order valence-electron chi connectivity index (χ1n) is 4.02. The molecule has 0 bridgehead atoms. The lowest BCUT2D eigenvalue weighted by atomic mass is 10.0. The number of halogens is 2. The molecule has 0 spiro atoms. The lowest BCUT2D eigenvalue weighted by Gasteiger charge is -2.10. The third-order valence-corrected chi connectivity index (χ3v) is 2.96. The van der Waals surface area contributed by atoms with E-state index in [1.807, 2.05) is 19.1 Å². The number of hydrogen-bond acceptors (Lipinski definition) is 1. The van der Waals surface area contributed by atoms with Gasteiger partial charge in [0.05, 0.1) is 4.47 Å². The van der Waals surface area contributed by atoms with Gasteiger partial charge in [-0.05, 0) is 39.9 Å². The zero-order valence-electron chi connectivity index (χ0n) is 7.97. The van der Waals surface area contributed by atoms with Crippen molar-refractivity contribution in [3.05, 3.63) is 27.7 Å². The molecule has 1 rings (SSSR count). The van der Waals surface area contributed by atoms with Gasteiger partial charge in [-0.25, -0.2) is 0 Å². The maximum absolute atomic E-state index is 9.70. The molecule has 0 heterocycles. The molecule has 1 aromatic rings. The fourth-order valence-corrected chi connectivity index (χ4v) is 1.51. The van der Waals surface area contributed by atoms with Gasteiger partial charge >= 0.3 is 0 Å². The van der Waals surface area contributed by atoms with Gasteiger partial charge in [0.2, 0.25) is 0 Å². The van der Waals surface area contributed by atoms with Gasteiger partial charge in [-0.2, -0.15) is 0 Å². The predicted octanol–water partition coefficient (Wildman–Crippen LogP) is 4.16. The summed E-state index contributed by atoms with van der Waals surface area (Å²) in [4.78, 5) is 0. The van der Waals surface area contributed by atoms with Gasteiger partial charge in [-0.3, -0.25) is 0 Å². The molecule has 13 heavy (non-hydrogen) atoms. The molecule has 0 aliphatic rings. The summed E-state index contributed by atoms with van der Waals surface area (Å²) in [5.74, 6) is 0.742. The largest absolute Gasteiger partial charge is 0.506 e. The maximum atomic E-state index is 9.70. The van der Waals surface area contributed by atoms with E-state index in [4.69, 9.17) is 0 Å². The number of aryl methyl sites for hydroxylation is 1. The van der Waals surface area contributed by atoms with Crippen molar-refractivity contribution < 1.29 is 5.11 Å². The van der Waals surface area contributed by atoms with Crippen LogP contribution in [-0.2, 0) is 0 Å². The Bertz CT molecular complexity index is 295. The van der Waals surface area contributed by atoms with E-state index in [0.717, 1.165) is 15.6 Å². The van der Waals surface area contributed by atoms with E-state index >= 15 is 0 Å². The van der Waals surface area contributed by atoms with Crippen LogP contribution in [0.2, 0.25) is 0 Å². The Kier molecular flexibility index (Phi) is 5.00. The van der Waals surface area contributed by atoms with Crippen molar-refractivity contribution in [3.63, 3.8) is 0 Å². The SMILES string of the molecule is Br.Cc1ccc(C(C)C)c(O)c1Br. The smallest absolute Gasteiger partial charge is 0.133 e. The summed E-state index contributed by atoms with van der Waals surface area (Å²) in [7, 11) is 0. The summed E-state index contributed by atoms with van der Waals surface area (Å²) in [6, 6.07) is 3.99. The highest BCUT2D eigenvalue weighted by atomic mass is 79.9.